The van der Waals surface area contributed by atoms with E-state index in [1.165, 1.54) is 0 Å². The quantitative estimate of drug-likeness (QED) is 0.225. The molecule has 0 saturated carbocycles. The van der Waals surface area contributed by atoms with E-state index < -0.39 is 16.8 Å². The van der Waals surface area contributed by atoms with Crippen LogP contribution >= 0.6 is 16.8 Å². The Morgan fingerprint density at radius 1 is 0.400 bits per heavy atom. The Balaban J connectivity index is 2.44. The van der Waals surface area contributed by atoms with Gasteiger partial charge in [-0.15, -0.1) is 0 Å². The molecule has 0 amide bonds. The molecule has 2 N–H and O–H groups in total. The van der Waals surface area contributed by atoms with Crippen LogP contribution < -0.4 is 13.6 Å². The fourth-order valence-corrected chi connectivity index (χ4v) is 7.97. The fourth-order valence-electron chi connectivity index (χ4n) is 5.54. The Morgan fingerprint density at radius 2 is 0.640 bits per heavy atom. The van der Waals surface area contributed by atoms with Crippen molar-refractivity contribution < 1.29 is 27.7 Å². The van der Waals surface area contributed by atoms with Crippen molar-refractivity contribution >= 4 is 16.8 Å². The van der Waals surface area contributed by atoms with E-state index in [0.717, 1.165) is 33.4 Å². The van der Waals surface area contributed by atoms with Gasteiger partial charge in [0.15, 0.2) is 17.2 Å². The topological polar surface area (TPSA) is 77.4 Å². The molecular formula is C42H65O6P2+. The van der Waals surface area contributed by atoms with Crippen LogP contribution in [0.2, 0.25) is 0 Å². The first-order valence-corrected chi connectivity index (χ1v) is 20.3. The van der Waals surface area contributed by atoms with Crippen LogP contribution in [0.15, 0.2) is 54.6 Å². The van der Waals surface area contributed by atoms with Gasteiger partial charge in [-0.3, -0.25) is 0 Å². The van der Waals surface area contributed by atoms with Gasteiger partial charge in [0.2, 0.25) is 0 Å². The summed E-state index contributed by atoms with van der Waals surface area (Å²) in [7, 11) is -7.14. The lowest BCUT2D eigenvalue weighted by molar-refractivity contribution is 0.239. The molecule has 0 spiro atoms. The molecule has 3 aromatic carbocycles. The molecule has 0 saturated heterocycles. The summed E-state index contributed by atoms with van der Waals surface area (Å²) in [5, 5.41) is 0. The van der Waals surface area contributed by atoms with Crippen molar-refractivity contribution in [3.05, 3.63) is 88.0 Å². The van der Waals surface area contributed by atoms with E-state index in [4.69, 9.17) is 17.9 Å². The van der Waals surface area contributed by atoms with E-state index in [9.17, 15) is 9.79 Å². The van der Waals surface area contributed by atoms with Crippen LogP contribution in [0.5, 0.6) is 17.2 Å². The van der Waals surface area contributed by atoms with Gasteiger partial charge in [-0.2, -0.15) is 0 Å². The zero-order valence-electron chi connectivity index (χ0n) is 34.1. The Morgan fingerprint density at radius 3 is 0.820 bits per heavy atom. The molecular weight excluding hydrogens is 662 g/mol. The molecule has 278 valence electrons. The molecule has 0 atom stereocenters. The van der Waals surface area contributed by atoms with E-state index in [0.29, 0.717) is 17.2 Å². The van der Waals surface area contributed by atoms with Gasteiger partial charge in [0, 0.05) is 16.7 Å². The molecule has 3 rings (SSSR count). The highest BCUT2D eigenvalue weighted by Crippen LogP contribution is 2.69. The van der Waals surface area contributed by atoms with Crippen LogP contribution in [0.1, 0.15) is 158 Å². The Kier molecular flexibility index (Phi) is 12.1. The van der Waals surface area contributed by atoms with Gasteiger partial charge in [0.05, 0.1) is 0 Å². The largest absolute Gasteiger partial charge is 0.725 e. The molecule has 0 aliphatic carbocycles. The third-order valence-corrected chi connectivity index (χ3v) is 11.4. The third-order valence-electron chi connectivity index (χ3n) is 8.76. The lowest BCUT2D eigenvalue weighted by atomic mass is 9.80. The van der Waals surface area contributed by atoms with E-state index >= 15 is 0 Å². The first-order chi connectivity index (χ1) is 22.3. The molecule has 6 nitrogen and oxygen atoms in total. The maximum atomic E-state index is 10.6. The van der Waals surface area contributed by atoms with Gasteiger partial charge < -0.3 is 9.79 Å². The summed E-state index contributed by atoms with van der Waals surface area (Å²) in [6.45, 7) is 38.7. The molecule has 0 aromatic heterocycles. The molecule has 0 fully saturated rings. The van der Waals surface area contributed by atoms with Crippen molar-refractivity contribution in [1.82, 2.24) is 0 Å². The van der Waals surface area contributed by atoms with Gasteiger partial charge >= 0.3 is 16.8 Å². The zero-order valence-corrected chi connectivity index (χ0v) is 35.9. The summed E-state index contributed by atoms with van der Waals surface area (Å²) in [6, 6.07) is 18.3. The van der Waals surface area contributed by atoms with Crippen molar-refractivity contribution in [2.75, 3.05) is 0 Å². The molecule has 0 aliphatic heterocycles. The minimum Gasteiger partial charge on any atom is -0.325 e. The second-order valence-corrected chi connectivity index (χ2v) is 22.3. The van der Waals surface area contributed by atoms with Gasteiger partial charge in [0.1, 0.15) is 0 Å². The molecule has 0 bridgehead atoms. The maximum absolute atomic E-state index is 10.6. The number of rotatable bonds is 8. The van der Waals surface area contributed by atoms with Crippen LogP contribution in [-0.4, -0.2) is 9.79 Å². The molecule has 50 heavy (non-hydrogen) atoms. The molecule has 0 heterocycles. The van der Waals surface area contributed by atoms with Gasteiger partial charge in [-0.1, -0.05) is 161 Å². The maximum Gasteiger partial charge on any atom is 0.725 e. The van der Waals surface area contributed by atoms with E-state index in [1.54, 1.807) is 0 Å². The third kappa shape index (κ3) is 10.7. The molecule has 3 aromatic rings. The number of hydrogen-bond acceptors (Lipinski definition) is 6. The van der Waals surface area contributed by atoms with Gasteiger partial charge in [-0.25, -0.2) is 13.6 Å². The second-order valence-electron chi connectivity index (χ2n) is 19.7. The van der Waals surface area contributed by atoms with E-state index in [2.05, 4.69) is 143 Å². The second kappa shape index (κ2) is 14.3. The average Bonchev–Trinajstić information content (AvgIpc) is 2.89. The first-order valence-electron chi connectivity index (χ1n) is 17.6. The van der Waals surface area contributed by atoms with Crippen molar-refractivity contribution in [3.8, 4) is 17.2 Å². The van der Waals surface area contributed by atoms with E-state index in [-0.39, 0.29) is 32.5 Å². The monoisotopic (exact) mass is 727 g/mol. The van der Waals surface area contributed by atoms with Crippen molar-refractivity contribution in [2.45, 2.75) is 157 Å². The summed E-state index contributed by atoms with van der Waals surface area (Å²) in [4.78, 5) is 21.3. The van der Waals surface area contributed by atoms with Crippen molar-refractivity contribution in [2.24, 2.45) is 0 Å². The van der Waals surface area contributed by atoms with Crippen molar-refractivity contribution in [1.29, 1.82) is 0 Å². The van der Waals surface area contributed by atoms with Crippen LogP contribution in [0.25, 0.3) is 0 Å². The fraction of sp³-hybridized carbons (Fsp3) is 0.571. The minimum absolute atomic E-state index is 0.106. The Labute approximate surface area is 306 Å². The summed E-state index contributed by atoms with van der Waals surface area (Å²) < 4.78 is 26.8. The normalized spacial score (nSPS) is 13.9. The van der Waals surface area contributed by atoms with Crippen LogP contribution in [0, 0.1) is 0 Å². The Hall–Kier alpha value is -2.20. The number of benzene rings is 3. The van der Waals surface area contributed by atoms with Crippen LogP contribution in [-0.2, 0) is 36.8 Å². The van der Waals surface area contributed by atoms with Gasteiger partial charge in [0.25, 0.3) is 0 Å². The molecule has 0 radical (unpaired) electrons. The minimum atomic E-state index is -4.15. The van der Waals surface area contributed by atoms with E-state index in [1.807, 2.05) is 36.4 Å². The summed E-state index contributed by atoms with van der Waals surface area (Å²) in [5.41, 5.74) is 4.86. The lowest BCUT2D eigenvalue weighted by Gasteiger charge is -2.30. The van der Waals surface area contributed by atoms with Crippen molar-refractivity contribution in [3.63, 3.8) is 0 Å². The molecule has 0 unspecified atom stereocenters. The molecule has 8 heteroatoms. The Bertz CT molecular complexity index is 1450. The predicted octanol–water partition coefficient (Wildman–Crippen LogP) is 12.9. The predicted molar refractivity (Wildman–Crippen MR) is 213 cm³/mol. The standard InChI is InChI=1S/C42H65O6P2/c1-37(2,3)28-19-22-34(31(25-28)40(10,11)12)45-50(48-49(43)44,46-35-23-20-29(38(4,5)6)26-32(35)41(13,14)15)47-36-24-21-30(39(7,8)9)27-33(36)42(16,17)18/h19-27,43-44H,1-18H3/q+1. The summed E-state index contributed by atoms with van der Waals surface area (Å²) >= 11 is 0. The zero-order chi connectivity index (χ0) is 38.5. The number of hydrogen-bond donors (Lipinski definition) is 2. The lowest BCUT2D eigenvalue weighted by Crippen LogP contribution is -2.24. The highest BCUT2D eigenvalue weighted by molar-refractivity contribution is 7.65. The summed E-state index contributed by atoms with van der Waals surface area (Å²) in [5.74, 6) is 1.47. The van der Waals surface area contributed by atoms with Crippen LogP contribution in [0.4, 0.5) is 0 Å². The SMILES string of the molecule is CC(C)(C)c1ccc(O[P+](Oc2ccc(C(C)(C)C)cc2C(C)(C)C)(Oc2ccc(C(C)(C)C)cc2C(C)(C)C)OP(O)O)c(C(C)(C)C)c1. The van der Waals surface area contributed by atoms with Crippen LogP contribution in [0.3, 0.4) is 0 Å². The average molecular weight is 728 g/mol. The highest BCUT2D eigenvalue weighted by Gasteiger charge is 2.59. The summed E-state index contributed by atoms with van der Waals surface area (Å²) in [6.07, 6.45) is 0. The smallest absolute Gasteiger partial charge is 0.325 e. The van der Waals surface area contributed by atoms with Gasteiger partial charge in [-0.05, 0) is 71.7 Å². The first kappa shape index (κ1) is 42.2. The molecule has 0 aliphatic rings. The highest BCUT2D eigenvalue weighted by atomic mass is 31.3.